The van der Waals surface area contributed by atoms with E-state index in [0.29, 0.717) is 29.4 Å². The van der Waals surface area contributed by atoms with Gasteiger partial charge in [-0.2, -0.15) is 0 Å². The van der Waals surface area contributed by atoms with Crippen molar-refractivity contribution in [3.8, 4) is 5.75 Å². The monoisotopic (exact) mass is 304 g/mol. The Bertz CT molecular complexity index is 627. The molecule has 2 rings (SSSR count). The topological polar surface area (TPSA) is 64.3 Å². The van der Waals surface area contributed by atoms with Crippen LogP contribution in [-0.4, -0.2) is 19.1 Å². The SMILES string of the molecule is Cc1cc(Cl)ccc1C(=O)NCCOc1ccc(N)cc1. The van der Waals surface area contributed by atoms with Crippen molar-refractivity contribution < 1.29 is 9.53 Å². The molecule has 110 valence electrons. The second kappa shape index (κ2) is 6.99. The van der Waals surface area contributed by atoms with Crippen LogP contribution < -0.4 is 15.8 Å². The normalized spacial score (nSPS) is 10.2. The highest BCUT2D eigenvalue weighted by molar-refractivity contribution is 6.30. The highest BCUT2D eigenvalue weighted by Crippen LogP contribution is 2.15. The van der Waals surface area contributed by atoms with Crippen LogP contribution in [0, 0.1) is 6.92 Å². The summed E-state index contributed by atoms with van der Waals surface area (Å²) in [6, 6.07) is 12.3. The third-order valence-corrected chi connectivity index (χ3v) is 3.20. The number of nitrogens with two attached hydrogens (primary N) is 1. The molecule has 0 saturated heterocycles. The summed E-state index contributed by atoms with van der Waals surface area (Å²) in [5.41, 5.74) is 7.74. The van der Waals surface area contributed by atoms with Crippen LogP contribution in [0.15, 0.2) is 42.5 Å². The largest absolute Gasteiger partial charge is 0.492 e. The van der Waals surface area contributed by atoms with E-state index in [2.05, 4.69) is 5.32 Å². The highest BCUT2D eigenvalue weighted by Gasteiger charge is 2.08. The van der Waals surface area contributed by atoms with Crippen molar-refractivity contribution in [2.45, 2.75) is 6.92 Å². The van der Waals surface area contributed by atoms with Gasteiger partial charge in [0, 0.05) is 16.3 Å². The minimum atomic E-state index is -0.134. The summed E-state index contributed by atoms with van der Waals surface area (Å²) in [6.45, 7) is 2.67. The maximum absolute atomic E-state index is 12.0. The minimum absolute atomic E-state index is 0.134. The molecule has 0 aliphatic heterocycles. The van der Waals surface area contributed by atoms with E-state index in [1.807, 2.05) is 6.92 Å². The molecule has 2 aromatic rings. The van der Waals surface area contributed by atoms with Gasteiger partial charge in [0.25, 0.3) is 5.91 Å². The standard InChI is InChI=1S/C16H17ClN2O2/c1-11-10-12(17)2-7-15(11)16(20)19-8-9-21-14-5-3-13(18)4-6-14/h2-7,10H,8-9,18H2,1H3,(H,19,20). The Morgan fingerprint density at radius 2 is 1.95 bits per heavy atom. The number of hydrogen-bond donors (Lipinski definition) is 2. The molecule has 3 N–H and O–H groups in total. The Morgan fingerprint density at radius 3 is 2.62 bits per heavy atom. The fraction of sp³-hybridized carbons (Fsp3) is 0.188. The number of amides is 1. The van der Waals surface area contributed by atoms with E-state index in [9.17, 15) is 4.79 Å². The van der Waals surface area contributed by atoms with Gasteiger partial charge in [-0.15, -0.1) is 0 Å². The number of rotatable bonds is 5. The van der Waals surface area contributed by atoms with Gasteiger partial charge < -0.3 is 15.8 Å². The van der Waals surface area contributed by atoms with E-state index in [-0.39, 0.29) is 5.91 Å². The van der Waals surface area contributed by atoms with Gasteiger partial charge in [0.1, 0.15) is 12.4 Å². The van der Waals surface area contributed by atoms with E-state index in [4.69, 9.17) is 22.1 Å². The van der Waals surface area contributed by atoms with Crippen LogP contribution >= 0.6 is 11.6 Å². The van der Waals surface area contributed by atoms with Crippen molar-refractivity contribution in [3.05, 3.63) is 58.6 Å². The van der Waals surface area contributed by atoms with E-state index >= 15 is 0 Å². The molecule has 21 heavy (non-hydrogen) atoms. The molecule has 0 aliphatic carbocycles. The fourth-order valence-corrected chi connectivity index (χ4v) is 2.10. The Hall–Kier alpha value is -2.20. The summed E-state index contributed by atoms with van der Waals surface area (Å²) in [5, 5.41) is 3.43. The Morgan fingerprint density at radius 1 is 1.24 bits per heavy atom. The first-order valence-corrected chi connectivity index (χ1v) is 6.97. The molecular formula is C16H17ClN2O2. The predicted molar refractivity (Wildman–Crippen MR) is 84.9 cm³/mol. The number of aryl methyl sites for hydroxylation is 1. The lowest BCUT2D eigenvalue weighted by molar-refractivity contribution is 0.0946. The molecule has 0 aliphatic rings. The van der Waals surface area contributed by atoms with Crippen LogP contribution in [0.5, 0.6) is 5.75 Å². The second-order valence-corrected chi connectivity index (χ2v) is 5.07. The van der Waals surface area contributed by atoms with Gasteiger partial charge in [0.05, 0.1) is 6.54 Å². The van der Waals surface area contributed by atoms with Crippen molar-refractivity contribution in [1.29, 1.82) is 0 Å². The smallest absolute Gasteiger partial charge is 0.251 e. The molecule has 1 amide bonds. The number of benzene rings is 2. The predicted octanol–water partition coefficient (Wildman–Crippen LogP) is 3.04. The fourth-order valence-electron chi connectivity index (χ4n) is 1.87. The third kappa shape index (κ3) is 4.39. The quantitative estimate of drug-likeness (QED) is 0.659. The average molecular weight is 305 g/mol. The van der Waals surface area contributed by atoms with Crippen LogP contribution in [0.3, 0.4) is 0 Å². The van der Waals surface area contributed by atoms with E-state index in [0.717, 1.165) is 11.3 Å². The molecule has 0 unspecified atom stereocenters. The zero-order valence-corrected chi connectivity index (χ0v) is 12.5. The highest BCUT2D eigenvalue weighted by atomic mass is 35.5. The van der Waals surface area contributed by atoms with Gasteiger partial charge in [-0.3, -0.25) is 4.79 Å². The van der Waals surface area contributed by atoms with E-state index in [1.54, 1.807) is 42.5 Å². The van der Waals surface area contributed by atoms with Crippen molar-refractivity contribution >= 4 is 23.2 Å². The number of nitrogens with one attached hydrogen (secondary N) is 1. The minimum Gasteiger partial charge on any atom is -0.492 e. The number of hydrogen-bond acceptors (Lipinski definition) is 3. The Kier molecular flexibility index (Phi) is 5.06. The molecule has 2 aromatic carbocycles. The molecular weight excluding hydrogens is 288 g/mol. The zero-order chi connectivity index (χ0) is 15.2. The number of halogens is 1. The van der Waals surface area contributed by atoms with Gasteiger partial charge in [-0.25, -0.2) is 0 Å². The summed E-state index contributed by atoms with van der Waals surface area (Å²) in [4.78, 5) is 12.0. The average Bonchev–Trinajstić information content (AvgIpc) is 2.45. The first kappa shape index (κ1) is 15.2. The van der Waals surface area contributed by atoms with Crippen molar-refractivity contribution in [2.24, 2.45) is 0 Å². The molecule has 0 bridgehead atoms. The van der Waals surface area contributed by atoms with Crippen LogP contribution in [0.2, 0.25) is 5.02 Å². The molecule has 0 aromatic heterocycles. The van der Waals surface area contributed by atoms with E-state index < -0.39 is 0 Å². The third-order valence-electron chi connectivity index (χ3n) is 2.97. The molecule has 0 atom stereocenters. The first-order valence-electron chi connectivity index (χ1n) is 6.59. The van der Waals surface area contributed by atoms with Crippen LogP contribution in [-0.2, 0) is 0 Å². The van der Waals surface area contributed by atoms with Gasteiger partial charge in [-0.05, 0) is 55.0 Å². The Balaban J connectivity index is 1.80. The summed E-state index contributed by atoms with van der Waals surface area (Å²) in [5.74, 6) is 0.589. The number of carbonyl (C=O) groups excluding carboxylic acids is 1. The Labute approximate surface area is 128 Å². The maximum Gasteiger partial charge on any atom is 0.251 e. The van der Waals surface area contributed by atoms with Crippen LogP contribution in [0.25, 0.3) is 0 Å². The first-order chi connectivity index (χ1) is 10.1. The summed E-state index contributed by atoms with van der Waals surface area (Å²) in [6.07, 6.45) is 0. The second-order valence-electron chi connectivity index (χ2n) is 4.63. The van der Waals surface area contributed by atoms with Crippen molar-refractivity contribution in [1.82, 2.24) is 5.32 Å². The van der Waals surface area contributed by atoms with Gasteiger partial charge in [0.15, 0.2) is 0 Å². The number of nitrogen functional groups attached to an aromatic ring is 1. The van der Waals surface area contributed by atoms with Crippen LogP contribution in [0.4, 0.5) is 5.69 Å². The van der Waals surface area contributed by atoms with Gasteiger partial charge >= 0.3 is 0 Å². The summed E-state index contributed by atoms with van der Waals surface area (Å²) >= 11 is 5.87. The van der Waals surface area contributed by atoms with Gasteiger partial charge in [0.2, 0.25) is 0 Å². The van der Waals surface area contributed by atoms with E-state index in [1.165, 1.54) is 0 Å². The summed E-state index contributed by atoms with van der Waals surface area (Å²) < 4.78 is 5.51. The van der Waals surface area contributed by atoms with Gasteiger partial charge in [-0.1, -0.05) is 11.6 Å². The molecule has 0 fully saturated rings. The lowest BCUT2D eigenvalue weighted by atomic mass is 10.1. The van der Waals surface area contributed by atoms with Crippen LogP contribution in [0.1, 0.15) is 15.9 Å². The lowest BCUT2D eigenvalue weighted by Gasteiger charge is -2.09. The lowest BCUT2D eigenvalue weighted by Crippen LogP contribution is -2.28. The molecule has 5 heteroatoms. The summed E-state index contributed by atoms with van der Waals surface area (Å²) in [7, 11) is 0. The number of anilines is 1. The zero-order valence-electron chi connectivity index (χ0n) is 11.7. The van der Waals surface area contributed by atoms with Crippen molar-refractivity contribution in [3.63, 3.8) is 0 Å². The molecule has 4 nitrogen and oxygen atoms in total. The molecule has 0 saturated carbocycles. The molecule has 0 spiro atoms. The molecule has 0 heterocycles. The number of carbonyl (C=O) groups is 1. The number of ether oxygens (including phenoxy) is 1. The molecule has 0 radical (unpaired) electrons. The maximum atomic E-state index is 12.0. The van der Waals surface area contributed by atoms with Crippen molar-refractivity contribution in [2.75, 3.05) is 18.9 Å².